The van der Waals surface area contributed by atoms with Crippen LogP contribution in [0.15, 0.2) is 36.4 Å². The number of rotatable bonds is 3. The van der Waals surface area contributed by atoms with E-state index in [2.05, 4.69) is 0 Å². The van der Waals surface area contributed by atoms with Gasteiger partial charge in [-0.15, -0.1) is 0 Å². The molecule has 2 aliphatic carbocycles. The lowest BCUT2D eigenvalue weighted by Gasteiger charge is -2.12. The standard InChI is InChI=1S/C18H10ClF3O4/c19-11-5-7(18(20,21)22)1-4-12(11)26-8-2-3-9-10(6-8)16(23)14-13(9)15(14)17(24)25/h1-6,13-15H,(H,24,25)/t13-,14+,15+/m0/s1. The SMILES string of the molecule is O=C(O)[C@H]1[C@@H]2C(=O)c3cc(Oc4ccc(C(F)(F)F)cc4Cl)ccc3[C@H]12. The van der Waals surface area contributed by atoms with Crippen molar-refractivity contribution in [1.82, 2.24) is 0 Å². The average molecular weight is 383 g/mol. The van der Waals surface area contributed by atoms with E-state index in [0.29, 0.717) is 11.1 Å². The molecule has 2 aromatic carbocycles. The molecule has 4 nitrogen and oxygen atoms in total. The van der Waals surface area contributed by atoms with Crippen LogP contribution in [0.5, 0.6) is 11.5 Å². The molecular weight excluding hydrogens is 373 g/mol. The molecule has 0 bridgehead atoms. The Balaban J connectivity index is 1.59. The molecule has 1 saturated carbocycles. The van der Waals surface area contributed by atoms with Gasteiger partial charge in [-0.3, -0.25) is 9.59 Å². The van der Waals surface area contributed by atoms with E-state index in [-0.39, 0.29) is 28.2 Å². The summed E-state index contributed by atoms with van der Waals surface area (Å²) in [7, 11) is 0. The lowest BCUT2D eigenvalue weighted by atomic mass is 10.0. The van der Waals surface area contributed by atoms with Crippen molar-refractivity contribution in [1.29, 1.82) is 0 Å². The molecule has 0 aliphatic heterocycles. The van der Waals surface area contributed by atoms with E-state index in [1.165, 1.54) is 6.07 Å². The second-order valence-electron chi connectivity index (χ2n) is 6.27. The van der Waals surface area contributed by atoms with Crippen LogP contribution in [0.4, 0.5) is 13.2 Å². The number of carbonyl (C=O) groups is 2. The predicted molar refractivity (Wildman–Crippen MR) is 84.7 cm³/mol. The maximum absolute atomic E-state index is 12.7. The highest BCUT2D eigenvalue weighted by molar-refractivity contribution is 6.32. The van der Waals surface area contributed by atoms with Crippen LogP contribution in [0.2, 0.25) is 5.02 Å². The fraction of sp³-hybridized carbons (Fsp3) is 0.222. The zero-order valence-corrected chi connectivity index (χ0v) is 13.6. The van der Waals surface area contributed by atoms with Gasteiger partial charge in [-0.1, -0.05) is 17.7 Å². The first-order valence-corrected chi connectivity index (χ1v) is 8.02. The van der Waals surface area contributed by atoms with Crippen molar-refractivity contribution in [3.63, 3.8) is 0 Å². The molecule has 4 rings (SSSR count). The van der Waals surface area contributed by atoms with Gasteiger partial charge in [0.1, 0.15) is 11.5 Å². The number of ketones is 1. The van der Waals surface area contributed by atoms with Crippen LogP contribution >= 0.6 is 11.6 Å². The molecule has 0 unspecified atom stereocenters. The Morgan fingerprint density at radius 1 is 1.12 bits per heavy atom. The summed E-state index contributed by atoms with van der Waals surface area (Å²) in [6, 6.07) is 7.36. The lowest BCUT2D eigenvalue weighted by molar-refractivity contribution is -0.139. The van der Waals surface area contributed by atoms with Crippen molar-refractivity contribution in [2.24, 2.45) is 11.8 Å². The number of Topliss-reactive ketones (excluding diaryl/α,β-unsaturated/α-hetero) is 1. The fourth-order valence-corrected chi connectivity index (χ4v) is 3.72. The second kappa shape index (κ2) is 5.48. The molecule has 0 amide bonds. The highest BCUT2D eigenvalue weighted by Gasteiger charge is 2.64. The molecule has 1 N–H and O–H groups in total. The molecule has 8 heteroatoms. The summed E-state index contributed by atoms with van der Waals surface area (Å²) in [5.74, 6) is -2.49. The molecule has 0 spiro atoms. The normalized spacial score (nSPS) is 23.4. The predicted octanol–water partition coefficient (Wildman–Crippen LogP) is 4.76. The van der Waals surface area contributed by atoms with Gasteiger partial charge in [0.05, 0.1) is 16.5 Å². The summed E-state index contributed by atoms with van der Waals surface area (Å²) in [5.41, 5.74) is 0.162. The third-order valence-corrected chi connectivity index (χ3v) is 5.04. The van der Waals surface area contributed by atoms with Crippen molar-refractivity contribution >= 4 is 23.4 Å². The highest BCUT2D eigenvalue weighted by atomic mass is 35.5. The first-order chi connectivity index (χ1) is 12.2. The summed E-state index contributed by atoms with van der Waals surface area (Å²) in [5, 5.41) is 8.88. The summed E-state index contributed by atoms with van der Waals surface area (Å²) >= 11 is 5.86. The molecule has 0 saturated heterocycles. The molecule has 3 atom stereocenters. The van der Waals surface area contributed by atoms with Crippen molar-refractivity contribution in [3.8, 4) is 11.5 Å². The van der Waals surface area contributed by atoms with Crippen LogP contribution in [0.25, 0.3) is 0 Å². The minimum absolute atomic E-state index is 0.0265. The first kappa shape index (κ1) is 16.9. The van der Waals surface area contributed by atoms with E-state index in [0.717, 1.165) is 18.2 Å². The van der Waals surface area contributed by atoms with Gasteiger partial charge in [0, 0.05) is 17.4 Å². The molecule has 2 aliphatic rings. The fourth-order valence-electron chi connectivity index (χ4n) is 3.50. The largest absolute Gasteiger partial charge is 0.481 e. The number of hydrogen-bond acceptors (Lipinski definition) is 3. The van der Waals surface area contributed by atoms with Gasteiger partial charge in [0.25, 0.3) is 0 Å². The van der Waals surface area contributed by atoms with Crippen LogP contribution in [-0.2, 0) is 11.0 Å². The smallest absolute Gasteiger partial charge is 0.416 e. The minimum Gasteiger partial charge on any atom is -0.481 e. The first-order valence-electron chi connectivity index (χ1n) is 7.64. The second-order valence-corrected chi connectivity index (χ2v) is 6.68. The van der Waals surface area contributed by atoms with E-state index in [4.69, 9.17) is 21.4 Å². The van der Waals surface area contributed by atoms with E-state index in [1.807, 2.05) is 0 Å². The number of ether oxygens (including phenoxy) is 1. The van der Waals surface area contributed by atoms with Gasteiger partial charge >= 0.3 is 12.1 Å². The Hall–Kier alpha value is -2.54. The molecule has 134 valence electrons. The summed E-state index contributed by atoms with van der Waals surface area (Å²) in [6.45, 7) is 0. The van der Waals surface area contributed by atoms with Crippen LogP contribution in [0.1, 0.15) is 27.4 Å². The number of carbonyl (C=O) groups excluding carboxylic acids is 1. The van der Waals surface area contributed by atoms with Crippen LogP contribution in [-0.4, -0.2) is 16.9 Å². The molecule has 1 fully saturated rings. The molecule has 0 heterocycles. The highest BCUT2D eigenvalue weighted by Crippen LogP contribution is 2.61. The summed E-state index contributed by atoms with van der Waals surface area (Å²) < 4.78 is 43.5. The van der Waals surface area contributed by atoms with Crippen molar-refractivity contribution in [2.45, 2.75) is 12.1 Å². The molecule has 2 aromatic rings. The van der Waals surface area contributed by atoms with Crippen LogP contribution in [0.3, 0.4) is 0 Å². The third-order valence-electron chi connectivity index (χ3n) is 4.74. The number of hydrogen-bond donors (Lipinski definition) is 1. The average Bonchev–Trinajstić information content (AvgIpc) is 3.24. The van der Waals surface area contributed by atoms with Gasteiger partial charge in [0.15, 0.2) is 5.78 Å². The maximum atomic E-state index is 12.7. The Kier molecular flexibility index (Phi) is 3.56. The Morgan fingerprint density at radius 2 is 1.85 bits per heavy atom. The summed E-state index contributed by atoms with van der Waals surface area (Å²) in [4.78, 5) is 23.4. The Labute approximate surface area is 150 Å². The van der Waals surface area contributed by atoms with Gasteiger partial charge < -0.3 is 9.84 Å². The van der Waals surface area contributed by atoms with Crippen molar-refractivity contribution in [2.75, 3.05) is 0 Å². The summed E-state index contributed by atoms with van der Waals surface area (Å²) in [6.07, 6.45) is -4.51. The zero-order chi connectivity index (χ0) is 18.8. The number of aliphatic carboxylic acids is 1. The number of benzene rings is 2. The Bertz CT molecular complexity index is 954. The molecule has 0 aromatic heterocycles. The zero-order valence-electron chi connectivity index (χ0n) is 12.9. The Morgan fingerprint density at radius 3 is 2.46 bits per heavy atom. The van der Waals surface area contributed by atoms with E-state index >= 15 is 0 Å². The number of fused-ring (bicyclic) bond motifs is 3. The van der Waals surface area contributed by atoms with Crippen LogP contribution in [0, 0.1) is 11.8 Å². The monoisotopic (exact) mass is 382 g/mol. The number of halogens is 4. The number of carboxylic acid groups (broad SMARTS) is 1. The quantitative estimate of drug-likeness (QED) is 0.831. The van der Waals surface area contributed by atoms with Gasteiger partial charge in [0.2, 0.25) is 0 Å². The number of carboxylic acids is 1. The minimum atomic E-state index is -4.51. The van der Waals surface area contributed by atoms with Gasteiger partial charge in [-0.25, -0.2) is 0 Å². The van der Waals surface area contributed by atoms with Crippen LogP contribution < -0.4 is 4.74 Å². The van der Waals surface area contributed by atoms with E-state index in [9.17, 15) is 22.8 Å². The maximum Gasteiger partial charge on any atom is 0.416 e. The van der Waals surface area contributed by atoms with E-state index in [1.54, 1.807) is 12.1 Å². The van der Waals surface area contributed by atoms with E-state index < -0.39 is 29.5 Å². The van der Waals surface area contributed by atoms with Crippen molar-refractivity contribution < 1.29 is 32.6 Å². The van der Waals surface area contributed by atoms with Gasteiger partial charge in [-0.2, -0.15) is 13.2 Å². The molecular formula is C18H10ClF3O4. The lowest BCUT2D eigenvalue weighted by Crippen LogP contribution is -2.10. The molecule has 0 radical (unpaired) electrons. The van der Waals surface area contributed by atoms with Crippen molar-refractivity contribution in [3.05, 3.63) is 58.1 Å². The molecule has 26 heavy (non-hydrogen) atoms. The third kappa shape index (κ3) is 2.54. The topological polar surface area (TPSA) is 63.6 Å². The number of alkyl halides is 3. The van der Waals surface area contributed by atoms with Gasteiger partial charge in [-0.05, 0) is 35.9 Å².